The van der Waals surface area contributed by atoms with E-state index in [0.717, 1.165) is 0 Å². The Morgan fingerprint density at radius 2 is 2.39 bits per heavy atom. The molecule has 2 rings (SSSR count). The molecule has 6 nitrogen and oxygen atoms in total. The summed E-state index contributed by atoms with van der Waals surface area (Å²) in [5.41, 5.74) is 0. The maximum Gasteiger partial charge on any atom is 0.277 e. The molecular formula is C10H13N3O3S2. The van der Waals surface area contributed by atoms with Crippen LogP contribution in [0.15, 0.2) is 9.64 Å². The summed E-state index contributed by atoms with van der Waals surface area (Å²) in [5.74, 6) is 0.970. The van der Waals surface area contributed by atoms with Crippen molar-refractivity contribution in [2.75, 3.05) is 11.5 Å². The number of thioether (sulfide) groups is 1. The summed E-state index contributed by atoms with van der Waals surface area (Å²) in [6.45, 7) is 1.75. The standard InChI is InChI=1S/C10H13N3O3S2/c1-7(5-11)17-10-13-12-9(16-10)4-8-2-3-18(14,15)6-8/h7-8H,2-4,6H2,1H3/t7-,8+/m1/s1. The first-order chi connectivity index (χ1) is 8.48. The molecule has 8 heteroatoms. The van der Waals surface area contributed by atoms with Gasteiger partial charge in [-0.1, -0.05) is 0 Å². The molecule has 0 radical (unpaired) electrons. The van der Waals surface area contributed by atoms with Crippen molar-refractivity contribution < 1.29 is 12.8 Å². The Balaban J connectivity index is 1.93. The van der Waals surface area contributed by atoms with Gasteiger partial charge in [-0.2, -0.15) is 5.26 Å². The quantitative estimate of drug-likeness (QED) is 0.763. The SMILES string of the molecule is C[C@H](C#N)Sc1nnc(C[C@@H]2CCS(=O)(=O)C2)o1. The lowest BCUT2D eigenvalue weighted by Crippen LogP contribution is -2.07. The highest BCUT2D eigenvalue weighted by atomic mass is 32.2. The fourth-order valence-electron chi connectivity index (χ4n) is 1.83. The summed E-state index contributed by atoms with van der Waals surface area (Å²) in [6, 6.07) is 2.06. The summed E-state index contributed by atoms with van der Waals surface area (Å²) in [5, 5.41) is 16.5. The number of rotatable bonds is 4. The zero-order valence-electron chi connectivity index (χ0n) is 9.87. The highest BCUT2D eigenvalue weighted by Gasteiger charge is 2.29. The molecule has 0 N–H and O–H groups in total. The lowest BCUT2D eigenvalue weighted by molar-refractivity contribution is 0.389. The maximum absolute atomic E-state index is 11.3. The second-order valence-electron chi connectivity index (χ2n) is 4.32. The average Bonchev–Trinajstić information content (AvgIpc) is 2.86. The molecule has 2 heterocycles. The van der Waals surface area contributed by atoms with Crippen LogP contribution in [0.4, 0.5) is 0 Å². The van der Waals surface area contributed by atoms with Gasteiger partial charge in [0.15, 0.2) is 9.84 Å². The van der Waals surface area contributed by atoms with E-state index < -0.39 is 9.84 Å². The average molecular weight is 287 g/mol. The van der Waals surface area contributed by atoms with Crippen molar-refractivity contribution in [1.29, 1.82) is 5.26 Å². The van der Waals surface area contributed by atoms with Crippen molar-refractivity contribution in [3.8, 4) is 6.07 Å². The van der Waals surface area contributed by atoms with Gasteiger partial charge < -0.3 is 4.42 Å². The van der Waals surface area contributed by atoms with Crippen LogP contribution < -0.4 is 0 Å². The Kier molecular flexibility index (Phi) is 3.92. The number of hydrogen-bond acceptors (Lipinski definition) is 7. The van der Waals surface area contributed by atoms with E-state index in [9.17, 15) is 8.42 Å². The van der Waals surface area contributed by atoms with E-state index in [1.807, 2.05) is 0 Å². The summed E-state index contributed by atoms with van der Waals surface area (Å²) in [4.78, 5) is 0. The minimum Gasteiger partial charge on any atom is -0.416 e. The Labute approximate surface area is 110 Å². The van der Waals surface area contributed by atoms with Crippen LogP contribution in [0.2, 0.25) is 0 Å². The van der Waals surface area contributed by atoms with Gasteiger partial charge >= 0.3 is 0 Å². The van der Waals surface area contributed by atoms with E-state index in [1.54, 1.807) is 6.92 Å². The number of sulfone groups is 1. The fourth-order valence-corrected chi connectivity index (χ4v) is 4.28. The zero-order valence-corrected chi connectivity index (χ0v) is 11.5. The molecule has 18 heavy (non-hydrogen) atoms. The molecule has 1 aromatic heterocycles. The van der Waals surface area contributed by atoms with Crippen molar-refractivity contribution in [3.63, 3.8) is 0 Å². The molecule has 0 saturated carbocycles. The smallest absolute Gasteiger partial charge is 0.277 e. The van der Waals surface area contributed by atoms with E-state index in [4.69, 9.17) is 9.68 Å². The molecular weight excluding hydrogens is 274 g/mol. The van der Waals surface area contributed by atoms with Gasteiger partial charge in [-0.3, -0.25) is 0 Å². The Bertz CT molecular complexity index is 561. The molecule has 1 aliphatic rings. The van der Waals surface area contributed by atoms with Gasteiger partial charge in [0.1, 0.15) is 0 Å². The van der Waals surface area contributed by atoms with Crippen molar-refractivity contribution in [2.24, 2.45) is 5.92 Å². The molecule has 0 aromatic carbocycles. The van der Waals surface area contributed by atoms with E-state index in [2.05, 4.69) is 16.3 Å². The lowest BCUT2D eigenvalue weighted by Gasteiger charge is -2.01. The number of hydrogen-bond donors (Lipinski definition) is 0. The second-order valence-corrected chi connectivity index (χ2v) is 7.84. The number of nitrogens with zero attached hydrogens (tertiary/aromatic N) is 3. The third-order valence-corrected chi connectivity index (χ3v) is 5.36. The van der Waals surface area contributed by atoms with Crippen molar-refractivity contribution in [1.82, 2.24) is 10.2 Å². The van der Waals surface area contributed by atoms with Gasteiger partial charge in [-0.25, -0.2) is 8.42 Å². The monoisotopic (exact) mass is 287 g/mol. The molecule has 1 aromatic rings. The summed E-state index contributed by atoms with van der Waals surface area (Å²) >= 11 is 1.20. The molecule has 1 fully saturated rings. The van der Waals surface area contributed by atoms with Crippen LogP contribution in [-0.4, -0.2) is 35.4 Å². The molecule has 0 amide bonds. The molecule has 98 valence electrons. The van der Waals surface area contributed by atoms with Crippen molar-refractivity contribution in [2.45, 2.75) is 30.2 Å². The van der Waals surface area contributed by atoms with Gasteiger partial charge in [-0.15, -0.1) is 10.2 Å². The number of aromatic nitrogens is 2. The predicted octanol–water partition coefficient (Wildman–Crippen LogP) is 1.05. The van der Waals surface area contributed by atoms with Crippen LogP contribution in [0.25, 0.3) is 0 Å². The summed E-state index contributed by atoms with van der Waals surface area (Å²) in [6.07, 6.45) is 1.15. The lowest BCUT2D eigenvalue weighted by atomic mass is 10.1. The Hall–Kier alpha value is -1.07. The Morgan fingerprint density at radius 1 is 1.61 bits per heavy atom. The number of nitriles is 1. The van der Waals surface area contributed by atoms with Gasteiger partial charge in [0, 0.05) is 6.42 Å². The summed E-state index contributed by atoms with van der Waals surface area (Å²) < 4.78 is 28.0. The molecule has 0 spiro atoms. The highest BCUT2D eigenvalue weighted by molar-refractivity contribution is 7.99. The second kappa shape index (κ2) is 5.28. The topological polar surface area (TPSA) is 96.9 Å². The van der Waals surface area contributed by atoms with Gasteiger partial charge in [0.05, 0.1) is 22.8 Å². The largest absolute Gasteiger partial charge is 0.416 e. The molecule has 0 aliphatic carbocycles. The van der Waals surface area contributed by atoms with Crippen LogP contribution in [0, 0.1) is 17.2 Å². The molecule has 0 bridgehead atoms. The fraction of sp³-hybridized carbons (Fsp3) is 0.700. The van der Waals surface area contributed by atoms with Crippen LogP contribution in [0.1, 0.15) is 19.2 Å². The molecule has 1 saturated heterocycles. The van der Waals surface area contributed by atoms with Gasteiger partial charge in [0.25, 0.3) is 5.22 Å². The van der Waals surface area contributed by atoms with E-state index in [-0.39, 0.29) is 22.7 Å². The highest BCUT2D eigenvalue weighted by Crippen LogP contribution is 2.25. The third-order valence-electron chi connectivity index (χ3n) is 2.70. The van der Waals surface area contributed by atoms with Crippen molar-refractivity contribution >= 4 is 21.6 Å². The first kappa shape index (κ1) is 13.4. The predicted molar refractivity (Wildman–Crippen MR) is 65.7 cm³/mol. The van der Waals surface area contributed by atoms with E-state index in [1.165, 1.54) is 11.8 Å². The molecule has 0 unspecified atom stereocenters. The van der Waals surface area contributed by atoms with Crippen molar-refractivity contribution in [3.05, 3.63) is 5.89 Å². The minimum absolute atomic E-state index is 0.0710. The van der Waals surface area contributed by atoms with E-state index in [0.29, 0.717) is 24.0 Å². The van der Waals surface area contributed by atoms with E-state index >= 15 is 0 Å². The molecule has 1 aliphatic heterocycles. The first-order valence-corrected chi connectivity index (χ1v) is 8.27. The van der Waals surface area contributed by atoms with Crippen LogP contribution in [0.5, 0.6) is 0 Å². The van der Waals surface area contributed by atoms with Crippen LogP contribution in [-0.2, 0) is 16.3 Å². The zero-order chi connectivity index (χ0) is 13.2. The van der Waals surface area contributed by atoms with Gasteiger partial charge in [-0.05, 0) is 31.0 Å². The van der Waals surface area contributed by atoms with Gasteiger partial charge in [0.2, 0.25) is 5.89 Å². The maximum atomic E-state index is 11.3. The van der Waals surface area contributed by atoms with Crippen LogP contribution in [0.3, 0.4) is 0 Å². The molecule has 2 atom stereocenters. The third kappa shape index (κ3) is 3.46. The summed E-state index contributed by atoms with van der Waals surface area (Å²) in [7, 11) is -2.87. The van der Waals surface area contributed by atoms with Crippen LogP contribution >= 0.6 is 11.8 Å². The Morgan fingerprint density at radius 3 is 3.00 bits per heavy atom. The minimum atomic E-state index is -2.87. The normalized spacial score (nSPS) is 23.7. The first-order valence-electron chi connectivity index (χ1n) is 5.57.